The predicted octanol–water partition coefficient (Wildman–Crippen LogP) is 7.80. The van der Waals surface area contributed by atoms with Crippen molar-refractivity contribution in [3.05, 3.63) is 11.6 Å². The Bertz CT molecular complexity index is 815. The highest BCUT2D eigenvalue weighted by atomic mass is 16.5. The van der Waals surface area contributed by atoms with Crippen LogP contribution in [-0.4, -0.2) is 23.1 Å². The molecule has 4 heteroatoms. The lowest BCUT2D eigenvalue weighted by Gasteiger charge is -2.58. The maximum Gasteiger partial charge on any atom is 0.306 e. The first kappa shape index (κ1) is 26.7. The molecule has 0 bridgehead atoms. The summed E-state index contributed by atoms with van der Waals surface area (Å²) >= 11 is 0. The monoisotopic (exact) mass is 486 g/mol. The maximum atomic E-state index is 12.1. The van der Waals surface area contributed by atoms with E-state index in [4.69, 9.17) is 9.84 Å². The van der Waals surface area contributed by atoms with Crippen molar-refractivity contribution in [2.45, 2.75) is 124 Å². The number of carbonyl (C=O) groups is 2. The fraction of sp³-hybridized carbons (Fsp3) is 0.871. The Hall–Kier alpha value is -1.32. The molecule has 4 nitrogen and oxygen atoms in total. The molecule has 3 fully saturated rings. The summed E-state index contributed by atoms with van der Waals surface area (Å²) in [6.07, 6.45) is 16.0. The van der Waals surface area contributed by atoms with Crippen molar-refractivity contribution in [1.29, 1.82) is 0 Å². The minimum absolute atomic E-state index is 0.0236. The first-order chi connectivity index (χ1) is 16.5. The average molecular weight is 487 g/mol. The molecule has 0 heterocycles. The zero-order valence-electron chi connectivity index (χ0n) is 23.0. The van der Waals surface area contributed by atoms with Crippen LogP contribution in [0, 0.1) is 46.3 Å². The Morgan fingerprint density at radius 2 is 1.80 bits per heavy atom. The van der Waals surface area contributed by atoms with Gasteiger partial charge < -0.3 is 9.84 Å². The maximum absolute atomic E-state index is 12.1. The Morgan fingerprint density at radius 1 is 1.03 bits per heavy atom. The van der Waals surface area contributed by atoms with Crippen molar-refractivity contribution in [3.63, 3.8) is 0 Å². The third kappa shape index (κ3) is 5.37. The SMILES string of the molecule is CC(C)CCC[C@@H](C)C1CC[C@H]2[C@@H]3CC=C4C[C@@H](OC(=O)CCC(=O)O)CC[C@]4(C)C3CC[C@]12C. The summed E-state index contributed by atoms with van der Waals surface area (Å²) < 4.78 is 5.70. The zero-order chi connectivity index (χ0) is 25.4. The summed E-state index contributed by atoms with van der Waals surface area (Å²) in [6, 6.07) is 0. The number of hydrogen-bond acceptors (Lipinski definition) is 3. The van der Waals surface area contributed by atoms with E-state index in [2.05, 4.69) is 40.7 Å². The molecule has 4 rings (SSSR count). The van der Waals surface area contributed by atoms with Crippen LogP contribution in [0.4, 0.5) is 0 Å². The van der Waals surface area contributed by atoms with E-state index in [1.807, 2.05) is 0 Å². The minimum atomic E-state index is -0.942. The summed E-state index contributed by atoms with van der Waals surface area (Å²) in [5.41, 5.74) is 2.27. The molecular weight excluding hydrogens is 436 g/mol. The number of ether oxygens (including phenoxy) is 1. The van der Waals surface area contributed by atoms with Crippen LogP contribution in [0.1, 0.15) is 118 Å². The van der Waals surface area contributed by atoms with Crippen LogP contribution in [0.15, 0.2) is 11.6 Å². The molecule has 0 aromatic carbocycles. The lowest BCUT2D eigenvalue weighted by atomic mass is 9.47. The quantitative estimate of drug-likeness (QED) is 0.267. The number of carbonyl (C=O) groups excluding carboxylic acids is 1. The van der Waals surface area contributed by atoms with Gasteiger partial charge in [0.2, 0.25) is 0 Å². The summed E-state index contributed by atoms with van der Waals surface area (Å²) in [4.78, 5) is 22.9. The molecule has 0 aromatic rings. The lowest BCUT2D eigenvalue weighted by Crippen LogP contribution is -2.51. The van der Waals surface area contributed by atoms with Gasteiger partial charge in [0, 0.05) is 6.42 Å². The van der Waals surface area contributed by atoms with Crippen molar-refractivity contribution in [2.24, 2.45) is 46.3 Å². The van der Waals surface area contributed by atoms with Gasteiger partial charge in [-0.2, -0.15) is 0 Å². The summed E-state index contributed by atoms with van der Waals surface area (Å²) in [6.45, 7) is 12.4. The van der Waals surface area contributed by atoms with E-state index in [0.29, 0.717) is 5.41 Å². The summed E-state index contributed by atoms with van der Waals surface area (Å²) in [5, 5.41) is 8.84. The molecular formula is C31H50O4. The summed E-state index contributed by atoms with van der Waals surface area (Å²) in [7, 11) is 0. The van der Waals surface area contributed by atoms with Crippen molar-refractivity contribution in [3.8, 4) is 0 Å². The molecule has 3 saturated carbocycles. The van der Waals surface area contributed by atoms with Gasteiger partial charge in [0.25, 0.3) is 0 Å². The summed E-state index contributed by atoms with van der Waals surface area (Å²) in [5.74, 6) is 3.68. The van der Waals surface area contributed by atoms with Gasteiger partial charge in [-0.1, -0.05) is 65.5 Å². The lowest BCUT2D eigenvalue weighted by molar-refractivity contribution is -0.154. The Balaban J connectivity index is 1.40. The molecule has 1 N–H and O–H groups in total. The van der Waals surface area contributed by atoms with E-state index >= 15 is 0 Å². The molecule has 0 spiro atoms. The highest BCUT2D eigenvalue weighted by Crippen LogP contribution is 2.67. The largest absolute Gasteiger partial charge is 0.481 e. The first-order valence-corrected chi connectivity index (χ1v) is 14.7. The van der Waals surface area contributed by atoms with Crippen molar-refractivity contribution in [2.75, 3.05) is 0 Å². The van der Waals surface area contributed by atoms with E-state index in [-0.39, 0.29) is 30.3 Å². The molecule has 0 aromatic heterocycles. The Morgan fingerprint density at radius 3 is 2.51 bits per heavy atom. The number of carboxylic acids is 1. The highest BCUT2D eigenvalue weighted by Gasteiger charge is 2.59. The van der Waals surface area contributed by atoms with Gasteiger partial charge >= 0.3 is 11.9 Å². The third-order valence-electron chi connectivity index (χ3n) is 11.1. The van der Waals surface area contributed by atoms with Gasteiger partial charge in [-0.3, -0.25) is 9.59 Å². The molecule has 4 aliphatic carbocycles. The van der Waals surface area contributed by atoms with Crippen molar-refractivity contribution in [1.82, 2.24) is 0 Å². The van der Waals surface area contributed by atoms with Gasteiger partial charge in [0.05, 0.1) is 12.8 Å². The standard InChI is InChI=1S/C31H50O4/c1-20(2)7-6-8-21(3)25-11-12-26-24-10-9-22-19-23(35-29(34)14-13-28(32)33)15-17-30(22,4)27(24)16-18-31(25,26)5/h9,20-21,23-27H,6-8,10-19H2,1-5H3,(H,32,33)/t21-,23+,24+,25?,26+,27?,30+,31-/m1/s1. The molecule has 0 radical (unpaired) electrons. The highest BCUT2D eigenvalue weighted by molar-refractivity contribution is 5.76. The molecule has 4 aliphatic rings. The fourth-order valence-corrected chi connectivity index (χ4v) is 9.21. The topological polar surface area (TPSA) is 63.6 Å². The predicted molar refractivity (Wildman–Crippen MR) is 140 cm³/mol. The van der Waals surface area contributed by atoms with Crippen LogP contribution in [0.3, 0.4) is 0 Å². The minimum Gasteiger partial charge on any atom is -0.481 e. The molecule has 0 aliphatic heterocycles. The second-order valence-electron chi connectivity index (χ2n) is 13.5. The van der Waals surface area contributed by atoms with Crippen molar-refractivity contribution >= 4 is 11.9 Å². The van der Waals surface area contributed by atoms with Crippen LogP contribution in [0.25, 0.3) is 0 Å². The number of aliphatic carboxylic acids is 1. The van der Waals surface area contributed by atoms with Gasteiger partial charge in [0.15, 0.2) is 0 Å². The number of carboxylic acid groups (broad SMARTS) is 1. The van der Waals surface area contributed by atoms with Crippen LogP contribution < -0.4 is 0 Å². The number of hydrogen-bond donors (Lipinski definition) is 1. The molecule has 0 amide bonds. The van der Waals surface area contributed by atoms with E-state index < -0.39 is 5.97 Å². The van der Waals surface area contributed by atoms with Gasteiger partial charge in [0.1, 0.15) is 6.10 Å². The zero-order valence-corrected chi connectivity index (χ0v) is 23.0. The molecule has 8 atom stereocenters. The molecule has 2 unspecified atom stereocenters. The molecule has 35 heavy (non-hydrogen) atoms. The van der Waals surface area contributed by atoms with Gasteiger partial charge in [-0.25, -0.2) is 0 Å². The number of esters is 1. The second kappa shape index (κ2) is 10.6. The van der Waals surface area contributed by atoms with Crippen molar-refractivity contribution < 1.29 is 19.4 Å². The van der Waals surface area contributed by atoms with Gasteiger partial charge in [-0.15, -0.1) is 0 Å². The number of rotatable bonds is 9. The number of fused-ring (bicyclic) bond motifs is 5. The van der Waals surface area contributed by atoms with Crippen LogP contribution in [0.5, 0.6) is 0 Å². The fourth-order valence-electron chi connectivity index (χ4n) is 9.21. The Labute approximate surface area is 213 Å². The van der Waals surface area contributed by atoms with E-state index in [9.17, 15) is 9.59 Å². The molecule has 0 saturated heterocycles. The van der Waals surface area contributed by atoms with Crippen LogP contribution in [0.2, 0.25) is 0 Å². The average Bonchev–Trinajstić information content (AvgIpc) is 3.15. The van der Waals surface area contributed by atoms with E-state index in [1.165, 1.54) is 56.9 Å². The number of allylic oxidation sites excluding steroid dienone is 1. The second-order valence-corrected chi connectivity index (χ2v) is 13.5. The van der Waals surface area contributed by atoms with E-state index in [1.54, 1.807) is 0 Å². The van der Waals surface area contributed by atoms with E-state index in [0.717, 1.165) is 54.8 Å². The smallest absolute Gasteiger partial charge is 0.306 e. The third-order valence-corrected chi connectivity index (χ3v) is 11.1. The first-order valence-electron chi connectivity index (χ1n) is 14.7. The Kier molecular flexibility index (Phi) is 8.08. The van der Waals surface area contributed by atoms with Crippen LogP contribution in [-0.2, 0) is 14.3 Å². The normalized spacial score (nSPS) is 39.3. The molecule has 198 valence electrons. The van der Waals surface area contributed by atoms with Crippen LogP contribution >= 0.6 is 0 Å². The van der Waals surface area contributed by atoms with Gasteiger partial charge in [-0.05, 0) is 91.3 Å².